The van der Waals surface area contributed by atoms with Crippen LogP contribution in [0.25, 0.3) is 22.3 Å². The van der Waals surface area contributed by atoms with Crippen LogP contribution in [0.2, 0.25) is 0 Å². The largest absolute Gasteiger partial charge is 0.455 e. The molecule has 140 valence electrons. The highest BCUT2D eigenvalue weighted by Crippen LogP contribution is 2.34. The molecule has 0 amide bonds. The molecule has 27 heavy (non-hydrogen) atoms. The maximum atomic E-state index is 13.0. The fraction of sp³-hybridized carbons (Fsp3) is 0.333. The molecule has 0 fully saturated rings. The Balaban J connectivity index is 1.84. The van der Waals surface area contributed by atoms with Crippen LogP contribution in [0.1, 0.15) is 54.9 Å². The van der Waals surface area contributed by atoms with Crippen molar-refractivity contribution >= 4 is 23.0 Å². The molecule has 1 aromatic heterocycles. The Labute approximate surface area is 161 Å². The smallest absolute Gasteiger partial charge is 0.172 e. The fourth-order valence-electron chi connectivity index (χ4n) is 3.25. The van der Waals surface area contributed by atoms with Gasteiger partial charge in [-0.1, -0.05) is 68.1 Å². The predicted molar refractivity (Wildman–Crippen MR) is 113 cm³/mol. The summed E-state index contributed by atoms with van der Waals surface area (Å²) in [6.07, 6.45) is 6.81. The van der Waals surface area contributed by atoms with Crippen LogP contribution in [0, 0.1) is 6.92 Å². The van der Waals surface area contributed by atoms with E-state index in [0.29, 0.717) is 17.7 Å². The van der Waals surface area contributed by atoms with Crippen molar-refractivity contribution in [3.63, 3.8) is 0 Å². The zero-order chi connectivity index (χ0) is 19.1. The van der Waals surface area contributed by atoms with Gasteiger partial charge in [-0.2, -0.15) is 0 Å². The SMILES string of the molecule is CCCCCCN=CCC(=O)c1c(-c2ccccc2)oc2ccc(C)cc12. The van der Waals surface area contributed by atoms with E-state index in [1.165, 1.54) is 19.3 Å². The van der Waals surface area contributed by atoms with Gasteiger partial charge in [0.25, 0.3) is 0 Å². The van der Waals surface area contributed by atoms with Crippen molar-refractivity contribution in [1.29, 1.82) is 0 Å². The van der Waals surface area contributed by atoms with Crippen LogP contribution >= 0.6 is 0 Å². The Kier molecular flexibility index (Phi) is 6.59. The van der Waals surface area contributed by atoms with E-state index < -0.39 is 0 Å². The normalized spacial score (nSPS) is 11.5. The Morgan fingerprint density at radius 3 is 2.67 bits per heavy atom. The predicted octanol–water partition coefficient (Wildman–Crippen LogP) is 6.63. The number of aryl methyl sites for hydroxylation is 1. The van der Waals surface area contributed by atoms with E-state index >= 15 is 0 Å². The molecule has 3 rings (SSSR count). The lowest BCUT2D eigenvalue weighted by Crippen LogP contribution is -2.01. The summed E-state index contributed by atoms with van der Waals surface area (Å²) < 4.78 is 6.07. The van der Waals surface area contributed by atoms with Gasteiger partial charge in [-0.05, 0) is 25.5 Å². The van der Waals surface area contributed by atoms with Gasteiger partial charge in [0, 0.05) is 30.1 Å². The molecule has 0 N–H and O–H groups in total. The van der Waals surface area contributed by atoms with Crippen molar-refractivity contribution in [2.75, 3.05) is 6.54 Å². The number of Topliss-reactive ketones (excluding diaryl/α,β-unsaturated/α-hetero) is 1. The summed E-state index contributed by atoms with van der Waals surface area (Å²) in [4.78, 5) is 17.4. The summed E-state index contributed by atoms with van der Waals surface area (Å²) in [5.74, 6) is 0.702. The van der Waals surface area contributed by atoms with Gasteiger partial charge in [-0.3, -0.25) is 9.79 Å². The van der Waals surface area contributed by atoms with Crippen molar-refractivity contribution in [2.24, 2.45) is 4.99 Å². The molecule has 0 atom stereocenters. The van der Waals surface area contributed by atoms with Gasteiger partial charge >= 0.3 is 0 Å². The average molecular weight is 361 g/mol. The Morgan fingerprint density at radius 2 is 1.89 bits per heavy atom. The van der Waals surface area contributed by atoms with Crippen LogP contribution in [-0.2, 0) is 0 Å². The third-order valence-corrected chi connectivity index (χ3v) is 4.70. The first-order chi connectivity index (χ1) is 13.2. The number of nitrogens with zero attached hydrogens (tertiary/aromatic N) is 1. The third-order valence-electron chi connectivity index (χ3n) is 4.70. The first-order valence-electron chi connectivity index (χ1n) is 9.80. The average Bonchev–Trinajstić information content (AvgIpc) is 3.06. The van der Waals surface area contributed by atoms with Crippen molar-refractivity contribution in [1.82, 2.24) is 0 Å². The summed E-state index contributed by atoms with van der Waals surface area (Å²) in [5.41, 5.74) is 3.45. The van der Waals surface area contributed by atoms with Crippen molar-refractivity contribution < 1.29 is 9.21 Å². The first kappa shape index (κ1) is 19.1. The van der Waals surface area contributed by atoms with Gasteiger partial charge in [-0.15, -0.1) is 0 Å². The minimum Gasteiger partial charge on any atom is -0.455 e. The number of hydrogen-bond acceptors (Lipinski definition) is 3. The van der Waals surface area contributed by atoms with E-state index in [2.05, 4.69) is 11.9 Å². The second-order valence-corrected chi connectivity index (χ2v) is 6.95. The summed E-state index contributed by atoms with van der Waals surface area (Å²) in [7, 11) is 0. The van der Waals surface area contributed by atoms with E-state index in [0.717, 1.165) is 35.1 Å². The van der Waals surface area contributed by atoms with E-state index in [4.69, 9.17) is 4.42 Å². The minimum atomic E-state index is 0.0514. The number of ketones is 1. The summed E-state index contributed by atoms with van der Waals surface area (Å²) >= 11 is 0. The van der Waals surface area contributed by atoms with Crippen LogP contribution in [0.3, 0.4) is 0 Å². The molecular weight excluding hydrogens is 334 g/mol. The van der Waals surface area contributed by atoms with Crippen LogP contribution < -0.4 is 0 Å². The number of carbonyl (C=O) groups is 1. The molecule has 0 unspecified atom stereocenters. The topological polar surface area (TPSA) is 42.6 Å². The van der Waals surface area contributed by atoms with Gasteiger partial charge in [0.1, 0.15) is 11.3 Å². The number of rotatable bonds is 9. The zero-order valence-electron chi connectivity index (χ0n) is 16.2. The van der Waals surface area contributed by atoms with Gasteiger partial charge in [0.2, 0.25) is 0 Å². The lowest BCUT2D eigenvalue weighted by atomic mass is 9.99. The molecule has 2 aromatic carbocycles. The van der Waals surface area contributed by atoms with Crippen molar-refractivity contribution in [3.05, 3.63) is 59.7 Å². The molecule has 0 radical (unpaired) electrons. The number of fused-ring (bicyclic) bond motifs is 1. The minimum absolute atomic E-state index is 0.0514. The molecule has 3 aromatic rings. The number of aliphatic imine (C=N–C) groups is 1. The fourth-order valence-corrected chi connectivity index (χ4v) is 3.25. The van der Waals surface area contributed by atoms with Gasteiger partial charge in [0.15, 0.2) is 5.78 Å². The van der Waals surface area contributed by atoms with E-state index in [-0.39, 0.29) is 5.78 Å². The Morgan fingerprint density at radius 1 is 1.07 bits per heavy atom. The molecule has 0 aliphatic rings. The van der Waals surface area contributed by atoms with Crippen molar-refractivity contribution in [2.45, 2.75) is 46.0 Å². The molecule has 0 bridgehead atoms. The Bertz CT molecular complexity index is 922. The van der Waals surface area contributed by atoms with Crippen molar-refractivity contribution in [3.8, 4) is 11.3 Å². The van der Waals surface area contributed by atoms with E-state index in [9.17, 15) is 4.79 Å². The molecule has 0 saturated heterocycles. The molecule has 1 heterocycles. The number of benzene rings is 2. The number of carbonyl (C=O) groups excluding carboxylic acids is 1. The maximum absolute atomic E-state index is 13.0. The van der Waals surface area contributed by atoms with E-state index in [1.54, 1.807) is 6.21 Å². The Hall–Kier alpha value is -2.68. The van der Waals surface area contributed by atoms with Crippen LogP contribution in [0.15, 0.2) is 57.9 Å². The third kappa shape index (κ3) is 4.73. The quantitative estimate of drug-likeness (QED) is 0.244. The number of hydrogen-bond donors (Lipinski definition) is 0. The van der Waals surface area contributed by atoms with Gasteiger partial charge in [0.05, 0.1) is 5.56 Å². The zero-order valence-corrected chi connectivity index (χ0v) is 16.2. The second kappa shape index (κ2) is 9.31. The second-order valence-electron chi connectivity index (χ2n) is 6.95. The molecule has 0 saturated carbocycles. The maximum Gasteiger partial charge on any atom is 0.172 e. The van der Waals surface area contributed by atoms with Crippen LogP contribution in [0.5, 0.6) is 0 Å². The highest BCUT2D eigenvalue weighted by Gasteiger charge is 2.21. The monoisotopic (exact) mass is 361 g/mol. The molecule has 0 spiro atoms. The van der Waals surface area contributed by atoms with Crippen LogP contribution in [-0.4, -0.2) is 18.5 Å². The highest BCUT2D eigenvalue weighted by atomic mass is 16.3. The molecule has 0 aliphatic carbocycles. The summed E-state index contributed by atoms with van der Waals surface area (Å²) in [5, 5.41) is 0.884. The molecular formula is C24H27NO2. The molecule has 0 aliphatic heterocycles. The van der Waals surface area contributed by atoms with Gasteiger partial charge < -0.3 is 4.42 Å². The lowest BCUT2D eigenvalue weighted by Gasteiger charge is -2.02. The molecule has 3 nitrogen and oxygen atoms in total. The first-order valence-corrected chi connectivity index (χ1v) is 9.80. The summed E-state index contributed by atoms with van der Waals surface area (Å²) in [6, 6.07) is 15.8. The van der Waals surface area contributed by atoms with Crippen LogP contribution in [0.4, 0.5) is 0 Å². The van der Waals surface area contributed by atoms with Gasteiger partial charge in [-0.25, -0.2) is 0 Å². The highest BCUT2D eigenvalue weighted by molar-refractivity contribution is 6.15. The standard InChI is InChI=1S/C24H27NO2/c1-3-4-5-9-15-25-16-14-21(26)23-20-17-18(2)12-13-22(20)27-24(23)19-10-7-6-8-11-19/h6-8,10-13,16-17H,3-5,9,14-15H2,1-2H3. The molecule has 3 heteroatoms. The number of furan rings is 1. The van der Waals surface area contributed by atoms with E-state index in [1.807, 2.05) is 55.5 Å². The lowest BCUT2D eigenvalue weighted by molar-refractivity contribution is 0.100. The summed E-state index contributed by atoms with van der Waals surface area (Å²) in [6.45, 7) is 5.02. The number of unbranched alkanes of at least 4 members (excludes halogenated alkanes) is 3.